The van der Waals surface area contributed by atoms with Crippen LogP contribution in [0.5, 0.6) is 0 Å². The molecule has 4 rings (SSSR count). The molecule has 1 aromatic rings. The Morgan fingerprint density at radius 3 is 2.30 bits per heavy atom. The zero-order chi connectivity index (χ0) is 13.9. The molecule has 0 spiro atoms. The summed E-state index contributed by atoms with van der Waals surface area (Å²) in [5, 5.41) is 0. The molecule has 2 nitrogen and oxygen atoms in total. The monoisotopic (exact) mass is 266 g/mol. The molecule has 0 aromatic heterocycles. The molecule has 0 heterocycles. The number of allylic oxidation sites excluding steroid dienone is 2. The second kappa shape index (κ2) is 4.15. The van der Waals surface area contributed by atoms with Gasteiger partial charge in [0, 0.05) is 23.0 Å². The van der Waals surface area contributed by atoms with Gasteiger partial charge in [0.1, 0.15) is 0 Å². The van der Waals surface area contributed by atoms with Crippen LogP contribution in [-0.4, -0.2) is 11.6 Å². The smallest absolute Gasteiger partial charge is 0.168 e. The highest BCUT2D eigenvalue weighted by Crippen LogP contribution is 2.52. The van der Waals surface area contributed by atoms with Gasteiger partial charge in [0.25, 0.3) is 0 Å². The Bertz CT molecular complexity index is 641. The maximum Gasteiger partial charge on any atom is 0.168 e. The van der Waals surface area contributed by atoms with Crippen molar-refractivity contribution >= 4 is 11.6 Å². The lowest BCUT2D eigenvalue weighted by Gasteiger charge is -2.31. The minimum Gasteiger partial charge on any atom is -0.294 e. The second-order valence-corrected chi connectivity index (χ2v) is 6.36. The molecular weight excluding hydrogens is 248 g/mol. The first kappa shape index (κ1) is 12.1. The Morgan fingerprint density at radius 1 is 1.00 bits per heavy atom. The van der Waals surface area contributed by atoms with E-state index in [0.717, 1.165) is 19.3 Å². The van der Waals surface area contributed by atoms with Crippen molar-refractivity contribution in [2.24, 2.45) is 23.7 Å². The zero-order valence-electron chi connectivity index (χ0n) is 11.6. The van der Waals surface area contributed by atoms with E-state index >= 15 is 0 Å². The zero-order valence-corrected chi connectivity index (χ0v) is 11.6. The maximum absolute atomic E-state index is 12.8. The Kier molecular flexibility index (Phi) is 2.50. The van der Waals surface area contributed by atoms with Gasteiger partial charge >= 0.3 is 0 Å². The molecule has 3 aliphatic rings. The Hall–Kier alpha value is -1.70. The molecule has 2 heteroatoms. The summed E-state index contributed by atoms with van der Waals surface area (Å²) in [6.45, 7) is 2.13. The molecule has 1 fully saturated rings. The van der Waals surface area contributed by atoms with Crippen LogP contribution in [-0.2, 0) is 6.42 Å². The van der Waals surface area contributed by atoms with Crippen LogP contribution in [0.1, 0.15) is 46.0 Å². The molecule has 4 unspecified atom stereocenters. The minimum atomic E-state index is -0.0816. The Labute approximate surface area is 118 Å². The van der Waals surface area contributed by atoms with E-state index in [2.05, 4.69) is 19.1 Å². The third kappa shape index (κ3) is 1.45. The normalized spacial score (nSPS) is 33.5. The molecule has 3 aliphatic carbocycles. The number of rotatable bonds is 2. The first-order valence-electron chi connectivity index (χ1n) is 7.60. The highest BCUT2D eigenvalue weighted by Gasteiger charge is 2.54. The van der Waals surface area contributed by atoms with E-state index in [1.54, 1.807) is 0 Å². The summed E-state index contributed by atoms with van der Waals surface area (Å²) in [6.07, 6.45) is 7.31. The van der Waals surface area contributed by atoms with Crippen molar-refractivity contribution < 1.29 is 9.59 Å². The average Bonchev–Trinajstić information content (AvgIpc) is 3.06. The van der Waals surface area contributed by atoms with E-state index in [1.165, 1.54) is 5.56 Å². The summed E-state index contributed by atoms with van der Waals surface area (Å²) in [5.74, 6) is 0.835. The minimum absolute atomic E-state index is 0.0815. The first-order chi connectivity index (χ1) is 9.70. The first-order valence-corrected chi connectivity index (χ1v) is 7.60. The van der Waals surface area contributed by atoms with Crippen LogP contribution >= 0.6 is 0 Å². The Morgan fingerprint density at radius 2 is 1.65 bits per heavy atom. The van der Waals surface area contributed by atoms with Crippen LogP contribution in [0.25, 0.3) is 0 Å². The van der Waals surface area contributed by atoms with Gasteiger partial charge in [-0.3, -0.25) is 9.59 Å². The van der Waals surface area contributed by atoms with Gasteiger partial charge in [-0.05, 0) is 36.3 Å². The van der Waals surface area contributed by atoms with Crippen molar-refractivity contribution in [3.05, 3.63) is 47.0 Å². The number of carbonyl (C=O) groups excluding carboxylic acids is 2. The molecule has 1 saturated carbocycles. The summed E-state index contributed by atoms with van der Waals surface area (Å²) in [5.41, 5.74) is 2.52. The van der Waals surface area contributed by atoms with E-state index in [0.29, 0.717) is 23.0 Å². The van der Waals surface area contributed by atoms with Gasteiger partial charge in [-0.1, -0.05) is 37.6 Å². The van der Waals surface area contributed by atoms with Crippen molar-refractivity contribution in [3.63, 3.8) is 0 Å². The fraction of sp³-hybridized carbons (Fsp3) is 0.444. The van der Waals surface area contributed by atoms with E-state index < -0.39 is 0 Å². The van der Waals surface area contributed by atoms with Crippen LogP contribution < -0.4 is 0 Å². The van der Waals surface area contributed by atoms with Crippen LogP contribution in [0.3, 0.4) is 0 Å². The maximum atomic E-state index is 12.8. The fourth-order valence-electron chi connectivity index (χ4n) is 4.35. The van der Waals surface area contributed by atoms with Gasteiger partial charge in [0.15, 0.2) is 11.6 Å². The second-order valence-electron chi connectivity index (χ2n) is 6.36. The number of carbonyl (C=O) groups is 2. The lowest BCUT2D eigenvalue weighted by molar-refractivity contribution is 0.0720. The molecule has 1 aromatic carbocycles. The predicted molar refractivity (Wildman–Crippen MR) is 76.8 cm³/mol. The largest absolute Gasteiger partial charge is 0.294 e. The number of hydrogen-bond acceptors (Lipinski definition) is 2. The summed E-state index contributed by atoms with van der Waals surface area (Å²) in [6, 6.07) is 5.86. The summed E-state index contributed by atoms with van der Waals surface area (Å²) < 4.78 is 0. The van der Waals surface area contributed by atoms with Gasteiger partial charge in [-0.2, -0.15) is 0 Å². The van der Waals surface area contributed by atoms with Gasteiger partial charge in [0.05, 0.1) is 0 Å². The fourth-order valence-corrected chi connectivity index (χ4v) is 4.35. The molecular formula is C18H18O2. The highest BCUT2D eigenvalue weighted by atomic mass is 16.1. The third-order valence-corrected chi connectivity index (χ3v) is 5.22. The lowest BCUT2D eigenvalue weighted by Crippen LogP contribution is -2.38. The molecule has 0 saturated heterocycles. The molecule has 20 heavy (non-hydrogen) atoms. The van der Waals surface area contributed by atoms with E-state index in [9.17, 15) is 9.59 Å². The summed E-state index contributed by atoms with van der Waals surface area (Å²) >= 11 is 0. The van der Waals surface area contributed by atoms with Gasteiger partial charge < -0.3 is 0 Å². The topological polar surface area (TPSA) is 34.1 Å². The summed E-state index contributed by atoms with van der Waals surface area (Å²) in [4.78, 5) is 25.5. The summed E-state index contributed by atoms with van der Waals surface area (Å²) in [7, 11) is 0. The van der Waals surface area contributed by atoms with E-state index in [-0.39, 0.29) is 23.4 Å². The van der Waals surface area contributed by atoms with Crippen LogP contribution in [0.15, 0.2) is 30.4 Å². The highest BCUT2D eigenvalue weighted by molar-refractivity contribution is 6.16. The SMILES string of the molecule is CCCc1ccc2c(c1)C(=O)C1C3C=CC(C3)C1C2=O. The molecule has 0 radical (unpaired) electrons. The number of fused-ring (bicyclic) bond motifs is 6. The van der Waals surface area contributed by atoms with Crippen molar-refractivity contribution in [2.45, 2.75) is 26.2 Å². The lowest BCUT2D eigenvalue weighted by atomic mass is 9.69. The number of hydrogen-bond donors (Lipinski definition) is 0. The quantitative estimate of drug-likeness (QED) is 0.768. The Balaban J connectivity index is 1.82. The van der Waals surface area contributed by atoms with Crippen molar-refractivity contribution in [2.75, 3.05) is 0 Å². The van der Waals surface area contributed by atoms with E-state index in [1.807, 2.05) is 18.2 Å². The van der Waals surface area contributed by atoms with Crippen molar-refractivity contribution in [1.82, 2.24) is 0 Å². The van der Waals surface area contributed by atoms with Crippen molar-refractivity contribution in [3.8, 4) is 0 Å². The average molecular weight is 266 g/mol. The number of aryl methyl sites for hydroxylation is 1. The van der Waals surface area contributed by atoms with Crippen molar-refractivity contribution in [1.29, 1.82) is 0 Å². The molecule has 0 N–H and O–H groups in total. The molecule has 0 amide bonds. The standard InChI is InChI=1S/C18H18O2/c1-2-3-10-4-7-13-14(8-10)18(20)16-12-6-5-11(9-12)15(16)17(13)19/h4-8,11-12,15-16H,2-3,9H2,1H3. The molecule has 4 atom stereocenters. The molecule has 2 bridgehead atoms. The molecule has 102 valence electrons. The number of ketones is 2. The van der Waals surface area contributed by atoms with E-state index in [4.69, 9.17) is 0 Å². The number of Topliss-reactive ketones (excluding diaryl/α,β-unsaturated/α-hetero) is 2. The van der Waals surface area contributed by atoms with Gasteiger partial charge in [-0.25, -0.2) is 0 Å². The van der Waals surface area contributed by atoms with Gasteiger partial charge in [-0.15, -0.1) is 0 Å². The number of benzene rings is 1. The molecule has 0 aliphatic heterocycles. The van der Waals surface area contributed by atoms with Crippen LogP contribution in [0.4, 0.5) is 0 Å². The van der Waals surface area contributed by atoms with Crippen LogP contribution in [0, 0.1) is 23.7 Å². The third-order valence-electron chi connectivity index (χ3n) is 5.22. The van der Waals surface area contributed by atoms with Crippen LogP contribution in [0.2, 0.25) is 0 Å². The predicted octanol–water partition coefficient (Wildman–Crippen LogP) is 3.46. The van der Waals surface area contributed by atoms with Gasteiger partial charge in [0.2, 0.25) is 0 Å².